The zero-order chi connectivity index (χ0) is 52.9. The van der Waals surface area contributed by atoms with Gasteiger partial charge in [0.15, 0.2) is 0 Å². The molecule has 4 aromatic heterocycles. The summed E-state index contributed by atoms with van der Waals surface area (Å²) in [6.45, 7) is 14.5. The average molecular weight is 985 g/mol. The van der Waals surface area contributed by atoms with Crippen molar-refractivity contribution >= 4 is 79.7 Å². The molecule has 72 heavy (non-hydrogen) atoms. The Morgan fingerprint density at radius 1 is 0.472 bits per heavy atom. The van der Waals surface area contributed by atoms with Gasteiger partial charge in [-0.25, -0.2) is 9.59 Å². The molecule has 0 radical (unpaired) electrons. The van der Waals surface area contributed by atoms with Gasteiger partial charge in [-0.1, -0.05) is 72.8 Å². The van der Waals surface area contributed by atoms with Crippen LogP contribution in [0.5, 0.6) is 0 Å². The molecule has 2 atom stereocenters. The summed E-state index contributed by atoms with van der Waals surface area (Å²) in [4.78, 5) is 76.7. The first-order chi connectivity index (χ1) is 34.1. The van der Waals surface area contributed by atoms with Crippen molar-refractivity contribution in [3.05, 3.63) is 144 Å². The summed E-state index contributed by atoms with van der Waals surface area (Å²) in [6, 6.07) is 30.6. The van der Waals surface area contributed by atoms with Gasteiger partial charge in [0.25, 0.3) is 0 Å². The lowest BCUT2D eigenvalue weighted by molar-refractivity contribution is -0.142. The molecular weight excluding hydrogens is 921 g/mol. The van der Waals surface area contributed by atoms with Gasteiger partial charge in [0.1, 0.15) is 11.2 Å². The lowest BCUT2D eigenvalue weighted by atomic mass is 10.0. The maximum absolute atomic E-state index is 12.4. The molecule has 0 amide bonds. The molecule has 0 saturated heterocycles. The summed E-state index contributed by atoms with van der Waals surface area (Å²) in [5.41, 5.74) is 5.80. The fourth-order valence-corrected chi connectivity index (χ4v) is 7.66. The molecule has 0 saturated carbocycles. The first-order valence-electron chi connectivity index (χ1n) is 23.2. The summed E-state index contributed by atoms with van der Waals surface area (Å²) in [7, 11) is 5.51. The van der Waals surface area contributed by atoms with Crippen molar-refractivity contribution in [2.45, 2.75) is 91.3 Å². The quantitative estimate of drug-likeness (QED) is 0.108. The molecule has 16 heteroatoms. The van der Waals surface area contributed by atoms with E-state index in [0.29, 0.717) is 17.5 Å². The molecule has 0 aliphatic carbocycles. The molecule has 0 aliphatic heterocycles. The van der Waals surface area contributed by atoms with E-state index in [0.717, 1.165) is 54.8 Å². The summed E-state index contributed by atoms with van der Waals surface area (Å²) in [5, 5.41) is 3.84. The molecule has 8 aromatic rings. The fraction of sp³-hybridized carbons (Fsp3) is 0.321. The van der Waals surface area contributed by atoms with Gasteiger partial charge < -0.3 is 38.4 Å². The van der Waals surface area contributed by atoms with Crippen LogP contribution in [0.1, 0.15) is 89.5 Å². The van der Waals surface area contributed by atoms with E-state index in [1.807, 2.05) is 158 Å². The Hall–Kier alpha value is -8.14. The third-order valence-electron chi connectivity index (χ3n) is 11.2. The van der Waals surface area contributed by atoms with Crippen molar-refractivity contribution < 1.29 is 57.2 Å². The Bertz CT molecular complexity index is 3180. The highest BCUT2D eigenvalue weighted by Gasteiger charge is 2.26. The third-order valence-corrected chi connectivity index (χ3v) is 11.2. The molecule has 380 valence electrons. The number of benzene rings is 4. The third kappa shape index (κ3) is 14.0. The van der Waals surface area contributed by atoms with Crippen LogP contribution in [-0.2, 0) is 60.4 Å². The van der Waals surface area contributed by atoms with E-state index in [1.54, 1.807) is 19.3 Å². The number of carbonyl (C=O) groups excluding carboxylic acids is 6. The van der Waals surface area contributed by atoms with Crippen LogP contribution < -0.4 is 0 Å². The minimum atomic E-state index is -0.587. The van der Waals surface area contributed by atoms with Crippen LogP contribution in [0.15, 0.2) is 122 Å². The highest BCUT2D eigenvalue weighted by Crippen LogP contribution is 2.30. The molecule has 4 aromatic carbocycles. The van der Waals surface area contributed by atoms with Gasteiger partial charge in [-0.05, 0) is 102 Å². The summed E-state index contributed by atoms with van der Waals surface area (Å²) < 4.78 is 32.5. The SMILES string of the molecule is COC(=O)C(C)c1c[nH]c2ccccc12.COC(=O)C(C)c1cn(C(=O)OC(C)(C)C)c2ccccc12.COC(=O)Cc1c[nH]c2ccccc12.COC(=O)Cc1cn(C(=O)OC(C)(C)C)c2ccccc12. The Labute approximate surface area is 418 Å². The largest absolute Gasteiger partial charge is 0.469 e. The zero-order valence-electron chi connectivity index (χ0n) is 42.9. The van der Waals surface area contributed by atoms with Crippen molar-refractivity contribution in [1.29, 1.82) is 0 Å². The van der Waals surface area contributed by atoms with Gasteiger partial charge >= 0.3 is 36.1 Å². The molecule has 0 spiro atoms. The van der Waals surface area contributed by atoms with Gasteiger partial charge in [0, 0.05) is 57.4 Å². The van der Waals surface area contributed by atoms with Crippen LogP contribution in [-0.4, -0.2) is 94.8 Å². The predicted molar refractivity (Wildman–Crippen MR) is 276 cm³/mol. The predicted octanol–water partition coefficient (Wildman–Crippen LogP) is 11.2. The van der Waals surface area contributed by atoms with Crippen molar-refractivity contribution in [1.82, 2.24) is 19.1 Å². The number of ether oxygens (including phenoxy) is 6. The number of esters is 4. The van der Waals surface area contributed by atoms with Gasteiger partial charge in [0.05, 0.1) is 64.2 Å². The topological polar surface area (TPSA) is 199 Å². The lowest BCUT2D eigenvalue weighted by Crippen LogP contribution is -2.26. The van der Waals surface area contributed by atoms with Gasteiger partial charge in [-0.15, -0.1) is 0 Å². The number of carbonyl (C=O) groups is 6. The summed E-state index contributed by atoms with van der Waals surface area (Å²) in [5.74, 6) is -1.80. The number of para-hydroxylation sites is 4. The first kappa shape index (κ1) is 54.8. The zero-order valence-corrected chi connectivity index (χ0v) is 42.9. The van der Waals surface area contributed by atoms with Crippen molar-refractivity contribution in [2.75, 3.05) is 28.4 Å². The number of hydrogen-bond acceptors (Lipinski definition) is 12. The number of H-pyrrole nitrogens is 2. The monoisotopic (exact) mass is 984 g/mol. The number of nitrogens with zero attached hydrogens (tertiary/aromatic N) is 2. The smallest absolute Gasteiger partial charge is 0.419 e. The highest BCUT2D eigenvalue weighted by atomic mass is 16.6. The number of aromatic nitrogens is 4. The van der Waals surface area contributed by atoms with E-state index in [4.69, 9.17) is 18.9 Å². The minimum Gasteiger partial charge on any atom is -0.469 e. The number of rotatable bonds is 8. The van der Waals surface area contributed by atoms with Crippen molar-refractivity contribution in [3.63, 3.8) is 0 Å². The molecule has 0 bridgehead atoms. The van der Waals surface area contributed by atoms with E-state index in [-0.39, 0.29) is 36.2 Å². The first-order valence-corrected chi connectivity index (χ1v) is 23.2. The molecule has 8 rings (SSSR count). The van der Waals surface area contributed by atoms with Crippen molar-refractivity contribution in [3.8, 4) is 0 Å². The number of methoxy groups -OCH3 is 4. The Morgan fingerprint density at radius 3 is 1.39 bits per heavy atom. The highest BCUT2D eigenvalue weighted by molar-refractivity contribution is 5.96. The Kier molecular flexibility index (Phi) is 18.4. The van der Waals surface area contributed by atoms with Crippen LogP contribution in [0.25, 0.3) is 43.6 Å². The second kappa shape index (κ2) is 24.1. The van der Waals surface area contributed by atoms with Crippen LogP contribution in [0, 0.1) is 0 Å². The van der Waals surface area contributed by atoms with Gasteiger partial charge in [-0.3, -0.25) is 28.3 Å². The van der Waals surface area contributed by atoms with Crippen LogP contribution in [0.3, 0.4) is 0 Å². The molecule has 2 unspecified atom stereocenters. The molecule has 4 heterocycles. The normalized spacial score (nSPS) is 11.9. The average Bonchev–Trinajstić information content (AvgIpc) is 4.16. The van der Waals surface area contributed by atoms with Crippen LogP contribution >= 0.6 is 0 Å². The van der Waals surface area contributed by atoms with Crippen LogP contribution in [0.4, 0.5) is 9.59 Å². The van der Waals surface area contributed by atoms with Crippen molar-refractivity contribution in [2.24, 2.45) is 0 Å². The van der Waals surface area contributed by atoms with Gasteiger partial charge in [0.2, 0.25) is 0 Å². The van der Waals surface area contributed by atoms with Crippen LogP contribution in [0.2, 0.25) is 0 Å². The minimum absolute atomic E-state index is 0.118. The number of fused-ring (bicyclic) bond motifs is 4. The number of aromatic amines is 2. The van der Waals surface area contributed by atoms with Gasteiger partial charge in [-0.2, -0.15) is 0 Å². The second-order valence-corrected chi connectivity index (χ2v) is 18.6. The number of hydrogen-bond donors (Lipinski definition) is 2. The maximum atomic E-state index is 12.4. The van der Waals surface area contributed by atoms with E-state index in [1.165, 1.54) is 37.6 Å². The standard InChI is InChI=1S/C17H21NO4.C16H19NO4.C12H13NO2.C11H11NO2/c1-11(15(19)21-5)13-10-18(16(20)22-17(2,3)4)14-9-7-6-8-12(13)14;1-16(2,3)21-15(19)17-10-11(9-14(18)20-4)12-7-5-6-8-13(12)17;1-8(12(14)15-2)10-7-13-11-6-4-3-5-9(10)11;1-14-11(13)6-8-7-12-10-5-3-2-4-9(8)10/h6-11H,1-5H3;5-8,10H,9H2,1-4H3;3-8,13H,1-2H3;2-5,7,12H,6H2,1H3. The Balaban J connectivity index is 0.000000181. The Morgan fingerprint density at radius 2 is 0.875 bits per heavy atom. The van der Waals surface area contributed by atoms with E-state index < -0.39 is 29.3 Å². The molecule has 16 nitrogen and oxygen atoms in total. The summed E-state index contributed by atoms with van der Waals surface area (Å²) in [6.07, 6.45) is 6.51. The van der Waals surface area contributed by atoms with E-state index in [9.17, 15) is 28.8 Å². The second-order valence-electron chi connectivity index (χ2n) is 18.6. The maximum Gasteiger partial charge on any atom is 0.419 e. The summed E-state index contributed by atoms with van der Waals surface area (Å²) >= 11 is 0. The fourth-order valence-electron chi connectivity index (χ4n) is 7.66. The van der Waals surface area contributed by atoms with E-state index >= 15 is 0 Å². The van der Waals surface area contributed by atoms with E-state index in [2.05, 4.69) is 19.4 Å². The molecular formula is C56H64N4O12. The molecule has 0 aliphatic rings. The molecule has 0 fully saturated rings. The number of nitrogens with one attached hydrogen (secondary N) is 2. The lowest BCUT2D eigenvalue weighted by Gasteiger charge is -2.19. The molecule has 2 N–H and O–H groups in total.